The number of hydrogen-bond donors (Lipinski definition) is 1. The molecular weight excluding hydrogens is 252 g/mol. The molecule has 110 valence electrons. The number of benzene rings is 1. The molecule has 1 aliphatic rings. The molecule has 4 heteroatoms. The number of carbonyl (C=O) groups is 1. The predicted octanol–water partition coefficient (Wildman–Crippen LogP) is 2.06. The second-order valence-corrected chi connectivity index (χ2v) is 5.33. The quantitative estimate of drug-likeness (QED) is 0.864. The van der Waals surface area contributed by atoms with E-state index in [0.717, 1.165) is 25.3 Å². The molecule has 0 spiro atoms. The summed E-state index contributed by atoms with van der Waals surface area (Å²) in [6.45, 7) is 2.30. The van der Waals surface area contributed by atoms with Crippen LogP contribution in [0.4, 0.5) is 0 Å². The van der Waals surface area contributed by atoms with Crippen LogP contribution in [0.25, 0.3) is 0 Å². The van der Waals surface area contributed by atoms with Gasteiger partial charge in [-0.25, -0.2) is 0 Å². The van der Waals surface area contributed by atoms with Crippen LogP contribution in [-0.4, -0.2) is 43.6 Å². The third-order valence-corrected chi connectivity index (χ3v) is 3.66. The zero-order valence-electron chi connectivity index (χ0n) is 12.2. The maximum atomic E-state index is 12.0. The molecule has 1 atom stereocenters. The molecule has 0 aliphatic carbocycles. The van der Waals surface area contributed by atoms with Gasteiger partial charge in [-0.05, 0) is 31.5 Å². The molecule has 1 N–H and O–H groups in total. The Morgan fingerprint density at radius 2 is 2.15 bits per heavy atom. The van der Waals surface area contributed by atoms with Gasteiger partial charge < -0.3 is 15.0 Å². The first-order valence-electron chi connectivity index (χ1n) is 7.41. The maximum Gasteiger partial charge on any atom is 0.225 e. The summed E-state index contributed by atoms with van der Waals surface area (Å²) in [5.74, 6) is 0.963. The number of carbonyl (C=O) groups excluding carboxylic acids is 1. The van der Waals surface area contributed by atoms with Crippen molar-refractivity contribution in [3.05, 3.63) is 30.3 Å². The van der Waals surface area contributed by atoms with Gasteiger partial charge in [-0.15, -0.1) is 0 Å². The Labute approximate surface area is 121 Å². The van der Waals surface area contributed by atoms with E-state index in [1.807, 2.05) is 42.3 Å². The fourth-order valence-corrected chi connectivity index (χ4v) is 2.48. The Bertz CT molecular complexity index is 402. The van der Waals surface area contributed by atoms with Crippen molar-refractivity contribution in [3.63, 3.8) is 0 Å². The molecule has 1 aromatic carbocycles. The summed E-state index contributed by atoms with van der Waals surface area (Å²) in [4.78, 5) is 13.8. The second kappa shape index (κ2) is 7.90. The number of ether oxygens (including phenoxy) is 1. The van der Waals surface area contributed by atoms with E-state index >= 15 is 0 Å². The molecule has 1 aliphatic heterocycles. The molecule has 1 saturated heterocycles. The van der Waals surface area contributed by atoms with Gasteiger partial charge in [0.15, 0.2) is 0 Å². The predicted molar refractivity (Wildman–Crippen MR) is 79.8 cm³/mol. The van der Waals surface area contributed by atoms with Crippen LogP contribution in [-0.2, 0) is 4.79 Å². The van der Waals surface area contributed by atoms with Crippen LogP contribution in [0.5, 0.6) is 5.75 Å². The van der Waals surface area contributed by atoms with E-state index in [2.05, 4.69) is 5.32 Å². The molecular formula is C16H24N2O2. The minimum absolute atomic E-state index is 0.147. The van der Waals surface area contributed by atoms with E-state index in [0.29, 0.717) is 19.1 Å². The first kappa shape index (κ1) is 14.9. The number of hydrogen-bond acceptors (Lipinski definition) is 3. The number of para-hydroxylation sites is 1. The fourth-order valence-electron chi connectivity index (χ4n) is 2.48. The molecule has 1 heterocycles. The molecule has 2 rings (SSSR count). The lowest BCUT2D eigenvalue weighted by Crippen LogP contribution is -2.44. The van der Waals surface area contributed by atoms with E-state index < -0.39 is 0 Å². The van der Waals surface area contributed by atoms with Crippen molar-refractivity contribution in [2.45, 2.75) is 31.7 Å². The minimum Gasteiger partial charge on any atom is -0.493 e. The lowest BCUT2D eigenvalue weighted by atomic mass is 10.0. The van der Waals surface area contributed by atoms with Gasteiger partial charge in [-0.3, -0.25) is 4.79 Å². The minimum atomic E-state index is 0.147. The van der Waals surface area contributed by atoms with Crippen molar-refractivity contribution in [1.29, 1.82) is 0 Å². The Balaban J connectivity index is 1.65. The molecule has 1 unspecified atom stereocenters. The Morgan fingerprint density at radius 1 is 1.35 bits per heavy atom. The molecule has 1 aromatic rings. The Kier molecular flexibility index (Phi) is 5.87. The summed E-state index contributed by atoms with van der Waals surface area (Å²) in [5, 5.41) is 3.46. The van der Waals surface area contributed by atoms with Crippen LogP contribution in [0.3, 0.4) is 0 Å². The standard InChI is InChI=1S/C16H24N2O2/c1-18(13-14-7-5-6-11-17-14)16(19)10-12-20-15-8-3-2-4-9-15/h2-4,8-9,14,17H,5-7,10-13H2,1H3. The van der Waals surface area contributed by atoms with Gasteiger partial charge in [0.25, 0.3) is 0 Å². The van der Waals surface area contributed by atoms with E-state index in [9.17, 15) is 4.79 Å². The topological polar surface area (TPSA) is 41.6 Å². The number of likely N-dealkylation sites (N-methyl/N-ethyl adjacent to an activating group) is 1. The highest BCUT2D eigenvalue weighted by Crippen LogP contribution is 2.10. The lowest BCUT2D eigenvalue weighted by molar-refractivity contribution is -0.130. The van der Waals surface area contributed by atoms with E-state index in [-0.39, 0.29) is 5.91 Å². The van der Waals surface area contributed by atoms with Crippen LogP contribution in [0.2, 0.25) is 0 Å². The lowest BCUT2D eigenvalue weighted by Gasteiger charge is -2.28. The van der Waals surface area contributed by atoms with Gasteiger partial charge >= 0.3 is 0 Å². The summed E-state index contributed by atoms with van der Waals surface area (Å²) in [6, 6.07) is 10.1. The molecule has 0 radical (unpaired) electrons. The summed E-state index contributed by atoms with van der Waals surface area (Å²) in [7, 11) is 1.88. The van der Waals surface area contributed by atoms with Gasteiger partial charge in [0.2, 0.25) is 5.91 Å². The summed E-state index contributed by atoms with van der Waals surface area (Å²) >= 11 is 0. The monoisotopic (exact) mass is 276 g/mol. The number of piperidine rings is 1. The fraction of sp³-hybridized carbons (Fsp3) is 0.562. The number of amides is 1. The van der Waals surface area contributed by atoms with Crippen molar-refractivity contribution in [1.82, 2.24) is 10.2 Å². The van der Waals surface area contributed by atoms with Crippen molar-refractivity contribution in [2.75, 3.05) is 26.7 Å². The molecule has 1 amide bonds. The van der Waals surface area contributed by atoms with Gasteiger partial charge in [0.1, 0.15) is 5.75 Å². The number of nitrogens with zero attached hydrogens (tertiary/aromatic N) is 1. The first-order valence-corrected chi connectivity index (χ1v) is 7.41. The Morgan fingerprint density at radius 3 is 2.85 bits per heavy atom. The Hall–Kier alpha value is -1.55. The van der Waals surface area contributed by atoms with Crippen LogP contribution in [0.1, 0.15) is 25.7 Å². The molecule has 0 aromatic heterocycles. The zero-order chi connectivity index (χ0) is 14.2. The summed E-state index contributed by atoms with van der Waals surface area (Å²) < 4.78 is 5.55. The van der Waals surface area contributed by atoms with Crippen molar-refractivity contribution in [3.8, 4) is 5.75 Å². The van der Waals surface area contributed by atoms with Gasteiger partial charge in [0.05, 0.1) is 13.0 Å². The van der Waals surface area contributed by atoms with Crippen LogP contribution in [0.15, 0.2) is 30.3 Å². The average molecular weight is 276 g/mol. The van der Waals surface area contributed by atoms with Crippen molar-refractivity contribution < 1.29 is 9.53 Å². The molecule has 4 nitrogen and oxygen atoms in total. The number of nitrogens with one attached hydrogen (secondary N) is 1. The van der Waals surface area contributed by atoms with Crippen LogP contribution < -0.4 is 10.1 Å². The molecule has 1 fully saturated rings. The summed E-state index contributed by atoms with van der Waals surface area (Å²) in [6.07, 6.45) is 4.10. The largest absolute Gasteiger partial charge is 0.493 e. The highest BCUT2D eigenvalue weighted by atomic mass is 16.5. The normalized spacial score (nSPS) is 18.6. The summed E-state index contributed by atoms with van der Waals surface area (Å²) in [5.41, 5.74) is 0. The highest BCUT2D eigenvalue weighted by Gasteiger charge is 2.17. The van der Waals surface area contributed by atoms with Gasteiger partial charge in [-0.2, -0.15) is 0 Å². The van der Waals surface area contributed by atoms with Crippen LogP contribution in [0, 0.1) is 0 Å². The third kappa shape index (κ3) is 4.85. The SMILES string of the molecule is CN(CC1CCCCN1)C(=O)CCOc1ccccc1. The second-order valence-electron chi connectivity index (χ2n) is 5.33. The molecule has 0 bridgehead atoms. The molecule has 20 heavy (non-hydrogen) atoms. The number of rotatable bonds is 6. The smallest absolute Gasteiger partial charge is 0.225 e. The van der Waals surface area contributed by atoms with Crippen LogP contribution >= 0.6 is 0 Å². The third-order valence-electron chi connectivity index (χ3n) is 3.66. The maximum absolute atomic E-state index is 12.0. The van der Waals surface area contributed by atoms with E-state index in [4.69, 9.17) is 4.74 Å². The van der Waals surface area contributed by atoms with E-state index in [1.165, 1.54) is 12.8 Å². The molecule has 0 saturated carbocycles. The zero-order valence-corrected chi connectivity index (χ0v) is 12.2. The first-order chi connectivity index (χ1) is 9.75. The van der Waals surface area contributed by atoms with Gasteiger partial charge in [-0.1, -0.05) is 24.6 Å². The average Bonchev–Trinajstić information content (AvgIpc) is 2.49. The van der Waals surface area contributed by atoms with Gasteiger partial charge in [0, 0.05) is 19.6 Å². The van der Waals surface area contributed by atoms with Crippen molar-refractivity contribution in [2.24, 2.45) is 0 Å². The van der Waals surface area contributed by atoms with E-state index in [1.54, 1.807) is 0 Å². The van der Waals surface area contributed by atoms with Crippen molar-refractivity contribution >= 4 is 5.91 Å². The highest BCUT2D eigenvalue weighted by molar-refractivity contribution is 5.76.